The number of hydrogen-bond donors (Lipinski definition) is 1. The molecule has 0 fully saturated rings. The third kappa shape index (κ3) is 4.22. The molecule has 2 rings (SSSR count). The minimum absolute atomic E-state index is 0.00253. The fourth-order valence-electron chi connectivity index (χ4n) is 2.23. The van der Waals surface area contributed by atoms with Crippen molar-refractivity contribution in [2.24, 2.45) is 5.92 Å². The summed E-state index contributed by atoms with van der Waals surface area (Å²) in [6.45, 7) is 6.19. The van der Waals surface area contributed by atoms with E-state index in [1.54, 1.807) is 24.3 Å². The Morgan fingerprint density at radius 3 is 2.46 bits per heavy atom. The molecule has 0 saturated heterocycles. The molecule has 0 aliphatic carbocycles. The van der Waals surface area contributed by atoms with Gasteiger partial charge < -0.3 is 13.9 Å². The smallest absolute Gasteiger partial charge is 0.342 e. The van der Waals surface area contributed by atoms with Gasteiger partial charge >= 0.3 is 5.97 Å². The Morgan fingerprint density at radius 2 is 1.92 bits per heavy atom. The molecule has 0 aliphatic rings. The van der Waals surface area contributed by atoms with E-state index < -0.39 is 11.9 Å². The predicted octanol–water partition coefficient (Wildman–Crippen LogP) is 3.53. The van der Waals surface area contributed by atoms with E-state index in [0.29, 0.717) is 23.8 Å². The number of ether oxygens (including phenoxy) is 2. The summed E-state index contributed by atoms with van der Waals surface area (Å²) >= 11 is 0. The van der Waals surface area contributed by atoms with Crippen LogP contribution in [-0.2, 0) is 4.74 Å². The molecule has 0 spiro atoms. The molecule has 136 valence electrons. The Balaban J connectivity index is 2.18. The van der Waals surface area contributed by atoms with Gasteiger partial charge in [0.1, 0.15) is 28.7 Å². The molecule has 0 atom stereocenters. The van der Waals surface area contributed by atoms with E-state index in [-0.39, 0.29) is 22.8 Å². The highest BCUT2D eigenvalue weighted by molar-refractivity contribution is 6.05. The monoisotopic (exact) mass is 356 g/mol. The van der Waals surface area contributed by atoms with Gasteiger partial charge in [0.15, 0.2) is 0 Å². The van der Waals surface area contributed by atoms with Gasteiger partial charge in [-0.2, -0.15) is 5.26 Å². The van der Waals surface area contributed by atoms with Crippen molar-refractivity contribution in [1.82, 2.24) is 0 Å². The molecule has 1 N–H and O–H groups in total. The lowest BCUT2D eigenvalue weighted by Gasteiger charge is -2.09. The van der Waals surface area contributed by atoms with Crippen LogP contribution in [0.2, 0.25) is 0 Å². The van der Waals surface area contributed by atoms with Crippen molar-refractivity contribution >= 4 is 17.8 Å². The van der Waals surface area contributed by atoms with Gasteiger partial charge in [0.25, 0.3) is 5.91 Å². The van der Waals surface area contributed by atoms with Crippen molar-refractivity contribution in [3.05, 3.63) is 46.7 Å². The average molecular weight is 356 g/mol. The minimum Gasteiger partial charge on any atom is -0.493 e. The van der Waals surface area contributed by atoms with Crippen molar-refractivity contribution in [2.45, 2.75) is 20.8 Å². The molecule has 1 heterocycles. The van der Waals surface area contributed by atoms with Crippen LogP contribution in [0, 0.1) is 24.2 Å². The zero-order valence-corrected chi connectivity index (χ0v) is 15.1. The summed E-state index contributed by atoms with van der Waals surface area (Å²) in [5, 5.41) is 11.8. The number of esters is 1. The normalized spacial score (nSPS) is 10.3. The summed E-state index contributed by atoms with van der Waals surface area (Å²) in [7, 11) is 1.21. The number of nitrogens with one attached hydrogen (secondary N) is 1. The number of benzene rings is 1. The number of amides is 1. The van der Waals surface area contributed by atoms with E-state index in [9.17, 15) is 14.9 Å². The number of furan rings is 1. The first kappa shape index (κ1) is 19.1. The van der Waals surface area contributed by atoms with Crippen molar-refractivity contribution in [1.29, 1.82) is 5.26 Å². The highest BCUT2D eigenvalue weighted by atomic mass is 16.5. The van der Waals surface area contributed by atoms with Gasteiger partial charge in [-0.3, -0.25) is 10.1 Å². The third-order valence-electron chi connectivity index (χ3n) is 3.51. The Morgan fingerprint density at radius 1 is 1.27 bits per heavy atom. The van der Waals surface area contributed by atoms with Crippen molar-refractivity contribution in [3.63, 3.8) is 0 Å². The van der Waals surface area contributed by atoms with Crippen LogP contribution in [0.15, 0.2) is 28.7 Å². The van der Waals surface area contributed by atoms with Crippen LogP contribution in [0.1, 0.15) is 45.9 Å². The molecule has 0 aliphatic heterocycles. The number of hydrogen-bond acceptors (Lipinski definition) is 6. The first-order chi connectivity index (χ1) is 12.4. The quantitative estimate of drug-likeness (QED) is 0.795. The summed E-state index contributed by atoms with van der Waals surface area (Å²) in [6.07, 6.45) is 0. The average Bonchev–Trinajstić information content (AvgIpc) is 2.94. The Kier molecular flexibility index (Phi) is 6.02. The molecular formula is C19H20N2O5. The number of nitrogens with zero attached hydrogens (tertiary/aromatic N) is 1. The molecule has 7 heteroatoms. The fourth-order valence-corrected chi connectivity index (χ4v) is 2.23. The number of rotatable bonds is 6. The maximum Gasteiger partial charge on any atom is 0.342 e. The second kappa shape index (κ2) is 8.21. The van der Waals surface area contributed by atoms with Gasteiger partial charge in [-0.25, -0.2) is 4.79 Å². The van der Waals surface area contributed by atoms with Gasteiger partial charge in [-0.1, -0.05) is 13.8 Å². The number of carbonyl (C=O) groups is 2. The van der Waals surface area contributed by atoms with Crippen LogP contribution in [0.25, 0.3) is 0 Å². The minimum atomic E-state index is -0.699. The summed E-state index contributed by atoms with van der Waals surface area (Å²) in [4.78, 5) is 24.2. The number of carbonyl (C=O) groups excluding carboxylic acids is 2. The van der Waals surface area contributed by atoms with Crippen molar-refractivity contribution < 1.29 is 23.5 Å². The van der Waals surface area contributed by atoms with E-state index in [2.05, 4.69) is 10.1 Å². The number of nitriles is 1. The summed E-state index contributed by atoms with van der Waals surface area (Å²) in [6, 6.07) is 8.46. The Hall–Kier alpha value is -3.27. The van der Waals surface area contributed by atoms with E-state index in [0.717, 1.165) is 0 Å². The molecule has 1 aromatic carbocycles. The first-order valence-electron chi connectivity index (χ1n) is 8.03. The highest BCUT2D eigenvalue weighted by Crippen LogP contribution is 2.27. The zero-order chi connectivity index (χ0) is 19.3. The predicted molar refractivity (Wildman–Crippen MR) is 94.2 cm³/mol. The molecule has 1 aromatic heterocycles. The van der Waals surface area contributed by atoms with Crippen LogP contribution in [0.4, 0.5) is 5.88 Å². The lowest BCUT2D eigenvalue weighted by atomic mass is 10.1. The lowest BCUT2D eigenvalue weighted by molar-refractivity contribution is 0.0598. The molecule has 26 heavy (non-hydrogen) atoms. The number of methoxy groups -OCH3 is 1. The SMILES string of the molecule is COC(=O)c1c(C)oc(NC(=O)c2ccc(OCC(C)C)cc2)c1C#N. The number of anilines is 1. The summed E-state index contributed by atoms with van der Waals surface area (Å²) in [5.74, 6) is -0.00272. The standard InChI is InChI=1S/C19H20N2O5/c1-11(2)10-25-14-7-5-13(6-8-14)17(22)21-18-15(9-20)16(12(3)26-18)19(23)24-4/h5-8,11H,10H2,1-4H3,(H,21,22). The van der Waals surface area contributed by atoms with Gasteiger partial charge in [-0.05, 0) is 37.1 Å². The topological polar surface area (TPSA) is 102 Å². The van der Waals surface area contributed by atoms with Gasteiger partial charge in [0, 0.05) is 5.56 Å². The summed E-state index contributed by atoms with van der Waals surface area (Å²) < 4.78 is 15.6. The van der Waals surface area contributed by atoms with Crippen LogP contribution >= 0.6 is 0 Å². The Bertz CT molecular complexity index is 844. The molecule has 0 unspecified atom stereocenters. The first-order valence-corrected chi connectivity index (χ1v) is 8.03. The molecule has 1 amide bonds. The van der Waals surface area contributed by atoms with E-state index in [1.807, 2.05) is 19.9 Å². The van der Waals surface area contributed by atoms with Crippen molar-refractivity contribution in [3.8, 4) is 11.8 Å². The van der Waals surface area contributed by atoms with Crippen molar-refractivity contribution in [2.75, 3.05) is 19.0 Å². The zero-order valence-electron chi connectivity index (χ0n) is 15.1. The van der Waals surface area contributed by atoms with Crippen LogP contribution in [0.3, 0.4) is 0 Å². The third-order valence-corrected chi connectivity index (χ3v) is 3.51. The van der Waals surface area contributed by atoms with E-state index in [4.69, 9.17) is 9.15 Å². The van der Waals surface area contributed by atoms with Gasteiger partial charge in [-0.15, -0.1) is 0 Å². The fraction of sp³-hybridized carbons (Fsp3) is 0.316. The molecule has 0 bridgehead atoms. The Labute approximate surface area is 151 Å². The molecule has 7 nitrogen and oxygen atoms in total. The molecule has 0 saturated carbocycles. The van der Waals surface area contributed by atoms with Gasteiger partial charge in [0.05, 0.1) is 13.7 Å². The van der Waals surface area contributed by atoms with Gasteiger partial charge in [0.2, 0.25) is 5.88 Å². The summed E-state index contributed by atoms with van der Waals surface area (Å²) in [5.41, 5.74) is 0.293. The largest absolute Gasteiger partial charge is 0.493 e. The maximum atomic E-state index is 12.4. The van der Waals surface area contributed by atoms with E-state index in [1.165, 1.54) is 14.0 Å². The maximum absolute atomic E-state index is 12.4. The lowest BCUT2D eigenvalue weighted by Crippen LogP contribution is -2.13. The van der Waals surface area contributed by atoms with Crippen LogP contribution in [0.5, 0.6) is 5.75 Å². The second-order valence-corrected chi connectivity index (χ2v) is 6.02. The second-order valence-electron chi connectivity index (χ2n) is 6.02. The molecule has 0 radical (unpaired) electrons. The van der Waals surface area contributed by atoms with Crippen LogP contribution < -0.4 is 10.1 Å². The van der Waals surface area contributed by atoms with E-state index >= 15 is 0 Å². The number of aryl methyl sites for hydroxylation is 1. The van der Waals surface area contributed by atoms with Crippen LogP contribution in [-0.4, -0.2) is 25.6 Å². The molecular weight excluding hydrogens is 336 g/mol. The molecule has 2 aromatic rings. The highest BCUT2D eigenvalue weighted by Gasteiger charge is 2.25.